The molecule has 0 spiro atoms. The fourth-order valence-electron chi connectivity index (χ4n) is 2.46. The summed E-state index contributed by atoms with van der Waals surface area (Å²) in [5.74, 6) is 0.933. The Balaban J connectivity index is 1.91. The molecule has 2 aliphatic rings. The van der Waals surface area contributed by atoms with E-state index in [9.17, 15) is 0 Å². The lowest BCUT2D eigenvalue weighted by Gasteiger charge is -2.31. The predicted molar refractivity (Wildman–Crippen MR) is 66.6 cm³/mol. The van der Waals surface area contributed by atoms with Crippen LogP contribution in [0, 0.1) is 0 Å². The second kappa shape index (κ2) is 4.31. The van der Waals surface area contributed by atoms with Crippen LogP contribution in [0.15, 0.2) is 6.20 Å². The minimum absolute atomic E-state index is 0.306. The fourth-order valence-corrected chi connectivity index (χ4v) is 2.58. The maximum Gasteiger partial charge on any atom is 0.224 e. The zero-order valence-electron chi connectivity index (χ0n) is 9.77. The van der Waals surface area contributed by atoms with Crippen molar-refractivity contribution in [1.29, 1.82) is 0 Å². The number of fused-ring (bicyclic) bond motifs is 1. The fraction of sp³-hybridized carbons (Fsp3) is 0.636. The third-order valence-corrected chi connectivity index (χ3v) is 3.53. The zero-order valence-corrected chi connectivity index (χ0v) is 10.5. The van der Waals surface area contributed by atoms with Gasteiger partial charge in [0.2, 0.25) is 5.28 Å². The minimum atomic E-state index is 0.306. The van der Waals surface area contributed by atoms with Crippen LogP contribution in [0.2, 0.25) is 5.28 Å². The highest BCUT2D eigenvalue weighted by Gasteiger charge is 2.32. The lowest BCUT2D eigenvalue weighted by Crippen LogP contribution is -2.42. The molecule has 5 nitrogen and oxygen atoms in total. The molecule has 0 aliphatic carbocycles. The number of aromatic nitrogens is 2. The van der Waals surface area contributed by atoms with Gasteiger partial charge in [0.25, 0.3) is 0 Å². The Hall–Kier alpha value is -1.07. The van der Waals surface area contributed by atoms with Crippen LogP contribution >= 0.6 is 11.6 Å². The summed E-state index contributed by atoms with van der Waals surface area (Å²) in [4.78, 5) is 12.8. The van der Waals surface area contributed by atoms with E-state index >= 15 is 0 Å². The molecule has 6 heteroatoms. The van der Waals surface area contributed by atoms with Gasteiger partial charge in [0, 0.05) is 13.7 Å². The molecule has 1 saturated heterocycles. The number of hydrogen-bond acceptors (Lipinski definition) is 5. The number of ether oxygens (including phenoxy) is 1. The molecule has 3 rings (SSSR count). The standard InChI is InChI=1S/C11H15ClN4O/c1-15-7-16(8-3-2-4-17-6-8)10-9(15)5-13-11(12)14-10/h5,8H,2-4,6-7H2,1H3/t8-/m0/s1. The van der Waals surface area contributed by atoms with E-state index in [4.69, 9.17) is 16.3 Å². The normalized spacial score (nSPS) is 24.0. The van der Waals surface area contributed by atoms with Gasteiger partial charge in [-0.1, -0.05) is 0 Å². The first kappa shape index (κ1) is 11.0. The summed E-state index contributed by atoms with van der Waals surface area (Å²) >= 11 is 5.88. The highest BCUT2D eigenvalue weighted by atomic mass is 35.5. The van der Waals surface area contributed by atoms with Gasteiger partial charge in [0.05, 0.1) is 31.2 Å². The van der Waals surface area contributed by atoms with Crippen molar-refractivity contribution in [2.45, 2.75) is 18.9 Å². The Morgan fingerprint density at radius 1 is 1.53 bits per heavy atom. The van der Waals surface area contributed by atoms with Gasteiger partial charge in [-0.05, 0) is 24.4 Å². The maximum absolute atomic E-state index is 5.88. The monoisotopic (exact) mass is 254 g/mol. The molecule has 0 N–H and O–H groups in total. The molecule has 0 radical (unpaired) electrons. The van der Waals surface area contributed by atoms with Crippen LogP contribution in [0.4, 0.5) is 11.5 Å². The van der Waals surface area contributed by atoms with Crippen molar-refractivity contribution in [3.05, 3.63) is 11.5 Å². The van der Waals surface area contributed by atoms with Gasteiger partial charge in [-0.2, -0.15) is 4.98 Å². The average molecular weight is 255 g/mol. The van der Waals surface area contributed by atoms with E-state index in [1.54, 1.807) is 6.20 Å². The van der Waals surface area contributed by atoms with Gasteiger partial charge in [-0.25, -0.2) is 4.98 Å². The van der Waals surface area contributed by atoms with E-state index in [1.165, 1.54) is 0 Å². The van der Waals surface area contributed by atoms with Crippen LogP contribution in [0.3, 0.4) is 0 Å². The molecule has 1 aromatic rings. The van der Waals surface area contributed by atoms with Gasteiger partial charge in [0.15, 0.2) is 5.82 Å². The molecule has 0 amide bonds. The first-order valence-corrected chi connectivity index (χ1v) is 6.21. The second-order valence-corrected chi connectivity index (χ2v) is 4.87. The predicted octanol–water partition coefficient (Wildman–Crippen LogP) is 1.52. The molecule has 2 aliphatic heterocycles. The number of hydrogen-bond donors (Lipinski definition) is 0. The molecule has 0 bridgehead atoms. The summed E-state index contributed by atoms with van der Waals surface area (Å²) in [6, 6.07) is 0.401. The van der Waals surface area contributed by atoms with Crippen molar-refractivity contribution in [1.82, 2.24) is 9.97 Å². The summed E-state index contributed by atoms with van der Waals surface area (Å²) in [7, 11) is 2.04. The van der Waals surface area contributed by atoms with Crippen LogP contribution < -0.4 is 9.80 Å². The summed E-state index contributed by atoms with van der Waals surface area (Å²) in [6.45, 7) is 2.48. The molecule has 0 aromatic carbocycles. The first-order valence-electron chi connectivity index (χ1n) is 5.84. The lowest BCUT2D eigenvalue weighted by molar-refractivity contribution is 0.0796. The van der Waals surface area contributed by atoms with Crippen molar-refractivity contribution < 1.29 is 4.74 Å². The van der Waals surface area contributed by atoms with Gasteiger partial charge in [0.1, 0.15) is 0 Å². The number of nitrogens with zero attached hydrogens (tertiary/aromatic N) is 4. The van der Waals surface area contributed by atoms with Gasteiger partial charge in [-0.3, -0.25) is 0 Å². The van der Waals surface area contributed by atoms with E-state index in [-0.39, 0.29) is 0 Å². The van der Waals surface area contributed by atoms with Crippen molar-refractivity contribution in [2.75, 3.05) is 36.7 Å². The Labute approximate surface area is 105 Å². The van der Waals surface area contributed by atoms with E-state index in [2.05, 4.69) is 19.8 Å². The maximum atomic E-state index is 5.88. The topological polar surface area (TPSA) is 41.5 Å². The summed E-state index contributed by atoms with van der Waals surface area (Å²) < 4.78 is 5.54. The average Bonchev–Trinajstić information content (AvgIpc) is 2.67. The van der Waals surface area contributed by atoms with Crippen molar-refractivity contribution in [3.8, 4) is 0 Å². The molecular weight excluding hydrogens is 240 g/mol. The molecule has 0 unspecified atom stereocenters. The lowest BCUT2D eigenvalue weighted by atomic mass is 10.1. The number of anilines is 2. The molecular formula is C11H15ClN4O. The van der Waals surface area contributed by atoms with Crippen LogP contribution in [0.1, 0.15) is 12.8 Å². The van der Waals surface area contributed by atoms with Gasteiger partial charge in [-0.15, -0.1) is 0 Å². The molecule has 3 heterocycles. The molecule has 1 atom stereocenters. The van der Waals surface area contributed by atoms with Gasteiger partial charge >= 0.3 is 0 Å². The summed E-state index contributed by atoms with van der Waals surface area (Å²) in [6.07, 6.45) is 4.04. The SMILES string of the molecule is CN1CN([C@H]2CCCOC2)c2nc(Cl)ncc21. The molecule has 92 valence electrons. The third-order valence-electron chi connectivity index (χ3n) is 3.35. The van der Waals surface area contributed by atoms with E-state index in [0.29, 0.717) is 11.3 Å². The second-order valence-electron chi connectivity index (χ2n) is 4.53. The minimum Gasteiger partial charge on any atom is -0.379 e. The Morgan fingerprint density at radius 2 is 2.41 bits per heavy atom. The van der Waals surface area contributed by atoms with E-state index in [0.717, 1.165) is 44.2 Å². The quantitative estimate of drug-likeness (QED) is 0.711. The summed E-state index contributed by atoms with van der Waals surface area (Å²) in [5.41, 5.74) is 1.04. The van der Waals surface area contributed by atoms with Crippen molar-refractivity contribution in [2.24, 2.45) is 0 Å². The van der Waals surface area contributed by atoms with E-state index in [1.807, 2.05) is 7.05 Å². The van der Waals surface area contributed by atoms with Crippen LogP contribution in [-0.4, -0.2) is 42.9 Å². The first-order chi connectivity index (χ1) is 8.25. The van der Waals surface area contributed by atoms with Crippen LogP contribution in [0.25, 0.3) is 0 Å². The number of halogens is 1. The highest BCUT2D eigenvalue weighted by Crippen LogP contribution is 2.35. The van der Waals surface area contributed by atoms with Crippen LogP contribution in [0.5, 0.6) is 0 Å². The largest absolute Gasteiger partial charge is 0.379 e. The third kappa shape index (κ3) is 1.93. The molecule has 1 fully saturated rings. The Kier molecular flexibility index (Phi) is 2.80. The molecule has 17 heavy (non-hydrogen) atoms. The summed E-state index contributed by atoms with van der Waals surface area (Å²) in [5, 5.41) is 0.306. The highest BCUT2D eigenvalue weighted by molar-refractivity contribution is 6.28. The van der Waals surface area contributed by atoms with Crippen LogP contribution in [-0.2, 0) is 4.74 Å². The molecule has 1 aromatic heterocycles. The van der Waals surface area contributed by atoms with Gasteiger partial charge < -0.3 is 14.5 Å². The Morgan fingerprint density at radius 3 is 3.18 bits per heavy atom. The van der Waals surface area contributed by atoms with E-state index < -0.39 is 0 Å². The smallest absolute Gasteiger partial charge is 0.224 e. The molecule has 0 saturated carbocycles. The van der Waals surface area contributed by atoms with Crippen molar-refractivity contribution >= 4 is 23.1 Å². The van der Waals surface area contributed by atoms with Crippen molar-refractivity contribution in [3.63, 3.8) is 0 Å². The zero-order chi connectivity index (χ0) is 11.8. The Bertz CT molecular complexity index is 422. The number of rotatable bonds is 1.